The van der Waals surface area contributed by atoms with Gasteiger partial charge in [0.15, 0.2) is 0 Å². The summed E-state index contributed by atoms with van der Waals surface area (Å²) in [6.07, 6.45) is 0. The van der Waals surface area contributed by atoms with Gasteiger partial charge < -0.3 is 5.73 Å². The first-order valence-electron chi connectivity index (χ1n) is 4.47. The molecule has 14 heavy (non-hydrogen) atoms. The van der Waals surface area contributed by atoms with Crippen LogP contribution in [0.2, 0.25) is 5.15 Å². The van der Waals surface area contributed by atoms with Gasteiger partial charge >= 0.3 is 0 Å². The fraction of sp³-hybridized carbons (Fsp3) is 0.182. The SMILES string of the molecule is Cc1cccc2c(Cl)nc(CN)cc12. The third kappa shape index (κ3) is 1.47. The van der Waals surface area contributed by atoms with E-state index in [-0.39, 0.29) is 0 Å². The molecule has 0 spiro atoms. The zero-order valence-corrected chi connectivity index (χ0v) is 8.67. The largest absolute Gasteiger partial charge is 0.325 e. The number of halogens is 1. The molecule has 1 aromatic carbocycles. The van der Waals surface area contributed by atoms with Gasteiger partial charge in [-0.3, -0.25) is 0 Å². The van der Waals surface area contributed by atoms with Gasteiger partial charge in [0.1, 0.15) is 5.15 Å². The molecule has 0 saturated heterocycles. The Morgan fingerprint density at radius 3 is 2.86 bits per heavy atom. The molecule has 0 amide bonds. The molecule has 0 aliphatic rings. The summed E-state index contributed by atoms with van der Waals surface area (Å²) >= 11 is 6.05. The van der Waals surface area contributed by atoms with Crippen molar-refractivity contribution >= 4 is 22.4 Å². The number of hydrogen-bond donors (Lipinski definition) is 1. The van der Waals surface area contributed by atoms with Crippen LogP contribution in [0.15, 0.2) is 24.3 Å². The summed E-state index contributed by atoms with van der Waals surface area (Å²) in [6.45, 7) is 2.48. The van der Waals surface area contributed by atoms with Gasteiger partial charge in [0, 0.05) is 11.9 Å². The fourth-order valence-corrected chi connectivity index (χ4v) is 1.82. The lowest BCUT2D eigenvalue weighted by atomic mass is 10.1. The van der Waals surface area contributed by atoms with Crippen LogP contribution in [0.25, 0.3) is 10.8 Å². The Hall–Kier alpha value is -1.12. The normalized spacial score (nSPS) is 10.8. The molecule has 0 saturated carbocycles. The van der Waals surface area contributed by atoms with Crippen molar-refractivity contribution in [1.82, 2.24) is 4.98 Å². The predicted octanol–water partition coefficient (Wildman–Crippen LogP) is 2.66. The Bertz CT molecular complexity index is 480. The standard InChI is InChI=1S/C11H11ClN2/c1-7-3-2-4-9-10(7)5-8(6-13)14-11(9)12/h2-5H,6,13H2,1H3. The van der Waals surface area contributed by atoms with E-state index in [1.807, 2.05) is 18.2 Å². The third-order valence-electron chi connectivity index (χ3n) is 2.31. The second-order valence-corrected chi connectivity index (χ2v) is 3.64. The lowest BCUT2D eigenvalue weighted by Crippen LogP contribution is -2.00. The number of benzene rings is 1. The average Bonchev–Trinajstić information content (AvgIpc) is 2.19. The van der Waals surface area contributed by atoms with Gasteiger partial charge in [0.25, 0.3) is 0 Å². The van der Waals surface area contributed by atoms with Gasteiger partial charge in [-0.25, -0.2) is 4.98 Å². The highest BCUT2D eigenvalue weighted by molar-refractivity contribution is 6.34. The molecule has 3 heteroatoms. The summed E-state index contributed by atoms with van der Waals surface area (Å²) in [7, 11) is 0. The molecule has 0 fully saturated rings. The quantitative estimate of drug-likeness (QED) is 0.729. The van der Waals surface area contributed by atoms with Crippen LogP contribution in [-0.4, -0.2) is 4.98 Å². The molecule has 0 aliphatic heterocycles. The molecule has 1 heterocycles. The van der Waals surface area contributed by atoms with Crippen LogP contribution in [0, 0.1) is 6.92 Å². The molecule has 2 aromatic rings. The van der Waals surface area contributed by atoms with Crippen molar-refractivity contribution in [1.29, 1.82) is 0 Å². The van der Waals surface area contributed by atoms with E-state index in [9.17, 15) is 0 Å². The first-order valence-corrected chi connectivity index (χ1v) is 4.85. The van der Waals surface area contributed by atoms with Crippen molar-refractivity contribution in [2.24, 2.45) is 5.73 Å². The first-order chi connectivity index (χ1) is 6.72. The van der Waals surface area contributed by atoms with E-state index in [1.165, 1.54) is 5.56 Å². The number of aryl methyl sites for hydroxylation is 1. The molecular formula is C11H11ClN2. The number of fused-ring (bicyclic) bond motifs is 1. The van der Waals surface area contributed by atoms with Crippen molar-refractivity contribution in [3.63, 3.8) is 0 Å². The summed E-state index contributed by atoms with van der Waals surface area (Å²) in [5.74, 6) is 0. The minimum absolute atomic E-state index is 0.421. The topological polar surface area (TPSA) is 38.9 Å². The highest BCUT2D eigenvalue weighted by Crippen LogP contribution is 2.24. The Kier molecular flexibility index (Phi) is 2.40. The molecule has 0 unspecified atom stereocenters. The molecule has 0 atom stereocenters. The Morgan fingerprint density at radius 1 is 1.36 bits per heavy atom. The average molecular weight is 207 g/mol. The van der Waals surface area contributed by atoms with E-state index in [1.54, 1.807) is 0 Å². The van der Waals surface area contributed by atoms with Crippen LogP contribution in [0.4, 0.5) is 0 Å². The van der Waals surface area contributed by atoms with Gasteiger partial charge in [0.2, 0.25) is 0 Å². The molecule has 2 N–H and O–H groups in total. The van der Waals surface area contributed by atoms with E-state index >= 15 is 0 Å². The minimum atomic E-state index is 0.421. The number of nitrogens with two attached hydrogens (primary N) is 1. The Morgan fingerprint density at radius 2 is 2.14 bits per heavy atom. The number of aromatic nitrogens is 1. The summed E-state index contributed by atoms with van der Waals surface area (Å²) in [5.41, 5.74) is 7.56. The molecular weight excluding hydrogens is 196 g/mol. The van der Waals surface area contributed by atoms with E-state index < -0.39 is 0 Å². The molecule has 1 aromatic heterocycles. The van der Waals surface area contributed by atoms with Crippen LogP contribution >= 0.6 is 11.6 Å². The van der Waals surface area contributed by atoms with Crippen LogP contribution in [0.3, 0.4) is 0 Å². The molecule has 2 rings (SSSR count). The van der Waals surface area contributed by atoms with Crippen LogP contribution < -0.4 is 5.73 Å². The second-order valence-electron chi connectivity index (χ2n) is 3.28. The highest BCUT2D eigenvalue weighted by atomic mass is 35.5. The zero-order chi connectivity index (χ0) is 10.1. The number of rotatable bonds is 1. The lowest BCUT2D eigenvalue weighted by molar-refractivity contribution is 0.998. The summed E-state index contributed by atoms with van der Waals surface area (Å²) in [4.78, 5) is 4.20. The molecule has 2 nitrogen and oxygen atoms in total. The van der Waals surface area contributed by atoms with E-state index in [0.717, 1.165) is 16.5 Å². The second kappa shape index (κ2) is 3.56. The van der Waals surface area contributed by atoms with Crippen LogP contribution in [0.5, 0.6) is 0 Å². The van der Waals surface area contributed by atoms with E-state index in [4.69, 9.17) is 17.3 Å². The zero-order valence-electron chi connectivity index (χ0n) is 7.92. The summed E-state index contributed by atoms with van der Waals surface area (Å²) in [6, 6.07) is 8.00. The predicted molar refractivity (Wildman–Crippen MR) is 59.4 cm³/mol. The van der Waals surface area contributed by atoms with Crippen molar-refractivity contribution in [2.75, 3.05) is 0 Å². The maximum absolute atomic E-state index is 6.05. The minimum Gasteiger partial charge on any atom is -0.325 e. The molecule has 0 aliphatic carbocycles. The fourth-order valence-electron chi connectivity index (χ4n) is 1.54. The third-order valence-corrected chi connectivity index (χ3v) is 2.60. The monoisotopic (exact) mass is 206 g/mol. The smallest absolute Gasteiger partial charge is 0.137 e. The van der Waals surface area contributed by atoms with Gasteiger partial charge in [-0.1, -0.05) is 29.8 Å². The van der Waals surface area contributed by atoms with Gasteiger partial charge in [-0.15, -0.1) is 0 Å². The van der Waals surface area contributed by atoms with Crippen molar-refractivity contribution in [3.05, 3.63) is 40.7 Å². The van der Waals surface area contributed by atoms with Gasteiger partial charge in [-0.05, 0) is 23.9 Å². The number of nitrogens with zero attached hydrogens (tertiary/aromatic N) is 1. The van der Waals surface area contributed by atoms with Crippen LogP contribution in [-0.2, 0) is 6.54 Å². The van der Waals surface area contributed by atoms with Gasteiger partial charge in [-0.2, -0.15) is 0 Å². The van der Waals surface area contributed by atoms with Gasteiger partial charge in [0.05, 0.1) is 5.69 Å². The molecule has 72 valence electrons. The summed E-state index contributed by atoms with van der Waals surface area (Å²) in [5, 5.41) is 2.66. The van der Waals surface area contributed by atoms with Crippen molar-refractivity contribution in [2.45, 2.75) is 13.5 Å². The Labute approximate surface area is 87.7 Å². The summed E-state index contributed by atoms with van der Waals surface area (Å²) < 4.78 is 0. The van der Waals surface area contributed by atoms with Crippen molar-refractivity contribution in [3.8, 4) is 0 Å². The molecule has 0 radical (unpaired) electrons. The van der Waals surface area contributed by atoms with E-state index in [0.29, 0.717) is 11.7 Å². The Balaban J connectivity index is 2.83. The van der Waals surface area contributed by atoms with Crippen molar-refractivity contribution < 1.29 is 0 Å². The highest BCUT2D eigenvalue weighted by Gasteiger charge is 2.04. The maximum atomic E-state index is 6.05. The first kappa shape index (κ1) is 9.44. The number of pyridine rings is 1. The van der Waals surface area contributed by atoms with E-state index in [2.05, 4.69) is 18.0 Å². The number of hydrogen-bond acceptors (Lipinski definition) is 2. The van der Waals surface area contributed by atoms with Crippen LogP contribution in [0.1, 0.15) is 11.3 Å². The lowest BCUT2D eigenvalue weighted by Gasteiger charge is -2.05. The maximum Gasteiger partial charge on any atom is 0.137 e. The molecule has 0 bridgehead atoms.